The lowest BCUT2D eigenvalue weighted by molar-refractivity contribution is 0.476. The summed E-state index contributed by atoms with van der Waals surface area (Å²) >= 11 is 0. The van der Waals surface area contributed by atoms with Gasteiger partial charge in [-0.05, 0) is 18.2 Å². The molecule has 0 bridgehead atoms. The minimum atomic E-state index is -4.57. The number of hydrogen-bond acceptors (Lipinski definition) is 3. The van der Waals surface area contributed by atoms with Crippen LogP contribution in [0, 0.1) is 0 Å². The van der Waals surface area contributed by atoms with Gasteiger partial charge in [-0.1, -0.05) is 36.4 Å². The summed E-state index contributed by atoms with van der Waals surface area (Å²) in [6.45, 7) is 0. The zero-order chi connectivity index (χ0) is 13.0. The lowest BCUT2D eigenvalue weighted by Gasteiger charge is -2.09. The van der Waals surface area contributed by atoms with Crippen LogP contribution in [-0.2, 0) is 16.0 Å². The van der Waals surface area contributed by atoms with Crippen LogP contribution in [0.15, 0.2) is 54.6 Å². The van der Waals surface area contributed by atoms with E-state index < -0.39 is 16.0 Å². The lowest BCUT2D eigenvalue weighted by Crippen LogP contribution is -1.98. The number of para-hydroxylation sites is 2. The van der Waals surface area contributed by atoms with Crippen molar-refractivity contribution in [1.82, 2.24) is 0 Å². The lowest BCUT2D eigenvalue weighted by atomic mass is 10.2. The molecule has 0 spiro atoms. The molecule has 2 aromatic carbocycles. The van der Waals surface area contributed by atoms with E-state index in [1.54, 1.807) is 42.5 Å². The maximum atomic E-state index is 12.7. The van der Waals surface area contributed by atoms with Crippen LogP contribution in [0.25, 0.3) is 0 Å². The van der Waals surface area contributed by atoms with Gasteiger partial charge in [0.05, 0.1) is 0 Å². The first-order chi connectivity index (χ1) is 8.54. The van der Waals surface area contributed by atoms with Crippen molar-refractivity contribution in [1.29, 1.82) is 0 Å². The van der Waals surface area contributed by atoms with Gasteiger partial charge in [0.15, 0.2) is 0 Å². The molecule has 0 heterocycles. The Kier molecular flexibility index (Phi) is 3.62. The first kappa shape index (κ1) is 12.6. The second-order valence-electron chi connectivity index (χ2n) is 3.71. The molecule has 18 heavy (non-hydrogen) atoms. The molecule has 0 atom stereocenters. The molecule has 3 nitrogen and oxygen atoms in total. The zero-order valence-corrected chi connectivity index (χ0v) is 10.2. The highest BCUT2D eigenvalue weighted by Crippen LogP contribution is 2.26. The van der Waals surface area contributed by atoms with Crippen LogP contribution in [0.1, 0.15) is 5.56 Å². The van der Waals surface area contributed by atoms with Crippen LogP contribution in [0.5, 0.6) is 11.5 Å². The first-order valence-electron chi connectivity index (χ1n) is 5.28. The number of benzene rings is 2. The minimum Gasteiger partial charge on any atom is -0.457 e. The molecule has 94 valence electrons. The van der Waals surface area contributed by atoms with Gasteiger partial charge in [0.1, 0.15) is 17.3 Å². The van der Waals surface area contributed by atoms with E-state index in [1.807, 2.05) is 6.07 Å². The molecule has 0 aliphatic carbocycles. The zero-order valence-electron chi connectivity index (χ0n) is 9.41. The van der Waals surface area contributed by atoms with Crippen molar-refractivity contribution in [3.8, 4) is 11.5 Å². The van der Waals surface area contributed by atoms with Crippen molar-refractivity contribution in [3.63, 3.8) is 0 Å². The van der Waals surface area contributed by atoms with Gasteiger partial charge in [0.25, 0.3) is 0 Å². The largest absolute Gasteiger partial charge is 0.457 e. The van der Waals surface area contributed by atoms with Crippen molar-refractivity contribution < 1.29 is 17.0 Å². The normalized spacial score (nSPS) is 11.2. The smallest absolute Gasteiger partial charge is 0.306 e. The Morgan fingerprint density at radius 3 is 2.22 bits per heavy atom. The Hall–Kier alpha value is -1.88. The summed E-state index contributed by atoms with van der Waals surface area (Å²) in [4.78, 5) is 0. The number of rotatable bonds is 4. The molecular formula is C13H11FO3S. The molecule has 2 aromatic rings. The molecule has 0 radical (unpaired) electrons. The fourth-order valence-electron chi connectivity index (χ4n) is 1.52. The fourth-order valence-corrected chi connectivity index (χ4v) is 2.13. The van der Waals surface area contributed by atoms with Crippen molar-refractivity contribution in [2.45, 2.75) is 5.75 Å². The maximum absolute atomic E-state index is 12.7. The topological polar surface area (TPSA) is 43.4 Å². The average Bonchev–Trinajstić information content (AvgIpc) is 2.31. The van der Waals surface area contributed by atoms with E-state index in [4.69, 9.17) is 4.74 Å². The Labute approximate surface area is 105 Å². The highest BCUT2D eigenvalue weighted by atomic mass is 32.3. The van der Waals surface area contributed by atoms with E-state index >= 15 is 0 Å². The summed E-state index contributed by atoms with van der Waals surface area (Å²) in [5.74, 6) is 0.224. The SMILES string of the molecule is O=S(=O)(F)Cc1ccccc1Oc1ccccc1. The van der Waals surface area contributed by atoms with Gasteiger partial charge in [-0.2, -0.15) is 8.42 Å². The van der Waals surface area contributed by atoms with Gasteiger partial charge in [-0.3, -0.25) is 0 Å². The standard InChI is InChI=1S/C13H11FO3S/c14-18(15,16)10-11-6-4-5-9-13(11)17-12-7-2-1-3-8-12/h1-9H,10H2. The van der Waals surface area contributed by atoms with Gasteiger partial charge in [0, 0.05) is 5.56 Å². The Morgan fingerprint density at radius 1 is 0.944 bits per heavy atom. The third-order valence-corrected chi connectivity index (χ3v) is 2.93. The molecule has 0 aliphatic rings. The second kappa shape index (κ2) is 5.18. The first-order valence-corrected chi connectivity index (χ1v) is 6.83. The summed E-state index contributed by atoms with van der Waals surface area (Å²) in [5.41, 5.74) is 0.295. The van der Waals surface area contributed by atoms with E-state index in [-0.39, 0.29) is 0 Å². The number of ether oxygens (including phenoxy) is 1. The Balaban J connectivity index is 2.28. The number of hydrogen-bond donors (Lipinski definition) is 0. The van der Waals surface area contributed by atoms with E-state index in [0.29, 0.717) is 17.1 Å². The third kappa shape index (κ3) is 3.56. The predicted octanol–water partition coefficient (Wildman–Crippen LogP) is 3.28. The van der Waals surface area contributed by atoms with Gasteiger partial charge in [-0.15, -0.1) is 3.89 Å². The predicted molar refractivity (Wildman–Crippen MR) is 66.7 cm³/mol. The van der Waals surface area contributed by atoms with Gasteiger partial charge >= 0.3 is 10.2 Å². The summed E-state index contributed by atoms with van der Waals surface area (Å²) in [7, 11) is -4.57. The monoisotopic (exact) mass is 266 g/mol. The summed E-state index contributed by atoms with van der Waals surface area (Å²) in [5, 5.41) is 0. The fraction of sp³-hybridized carbons (Fsp3) is 0.0769. The number of halogens is 1. The molecule has 0 saturated heterocycles. The second-order valence-corrected chi connectivity index (χ2v) is 5.07. The van der Waals surface area contributed by atoms with Crippen molar-refractivity contribution in [2.24, 2.45) is 0 Å². The van der Waals surface area contributed by atoms with E-state index in [2.05, 4.69) is 0 Å². The molecule has 0 fully saturated rings. The molecule has 2 rings (SSSR count). The molecule has 0 unspecified atom stereocenters. The van der Waals surface area contributed by atoms with Crippen LogP contribution in [0.3, 0.4) is 0 Å². The minimum absolute atomic E-state index is 0.295. The van der Waals surface area contributed by atoms with Crippen molar-refractivity contribution in [2.75, 3.05) is 0 Å². The van der Waals surface area contributed by atoms with Gasteiger partial charge < -0.3 is 4.74 Å². The van der Waals surface area contributed by atoms with Crippen molar-refractivity contribution in [3.05, 3.63) is 60.2 Å². The summed E-state index contributed by atoms with van der Waals surface area (Å²) < 4.78 is 39.6. The Bertz CT molecular complexity index is 624. The van der Waals surface area contributed by atoms with E-state index in [9.17, 15) is 12.3 Å². The average molecular weight is 266 g/mol. The quantitative estimate of drug-likeness (QED) is 0.798. The van der Waals surface area contributed by atoms with Crippen LogP contribution in [0.2, 0.25) is 0 Å². The molecule has 0 N–H and O–H groups in total. The molecule has 0 aliphatic heterocycles. The highest BCUT2D eigenvalue weighted by Gasteiger charge is 2.13. The van der Waals surface area contributed by atoms with Gasteiger partial charge in [0.2, 0.25) is 0 Å². The molecular weight excluding hydrogens is 255 g/mol. The Morgan fingerprint density at radius 2 is 1.56 bits per heavy atom. The molecule has 0 amide bonds. The van der Waals surface area contributed by atoms with E-state index in [1.165, 1.54) is 6.07 Å². The van der Waals surface area contributed by atoms with E-state index in [0.717, 1.165) is 0 Å². The van der Waals surface area contributed by atoms with Crippen LogP contribution in [0.4, 0.5) is 3.89 Å². The maximum Gasteiger partial charge on any atom is 0.306 e. The molecule has 5 heteroatoms. The highest BCUT2D eigenvalue weighted by molar-refractivity contribution is 7.85. The van der Waals surface area contributed by atoms with Crippen LogP contribution < -0.4 is 4.74 Å². The molecule has 0 aromatic heterocycles. The molecule has 0 saturated carbocycles. The summed E-state index contributed by atoms with van der Waals surface area (Å²) in [6.07, 6.45) is 0. The van der Waals surface area contributed by atoms with Crippen molar-refractivity contribution >= 4 is 10.2 Å². The summed E-state index contributed by atoms with van der Waals surface area (Å²) in [6, 6.07) is 15.4. The van der Waals surface area contributed by atoms with Gasteiger partial charge in [-0.25, -0.2) is 0 Å². The third-order valence-electron chi connectivity index (χ3n) is 2.27. The van der Waals surface area contributed by atoms with Crippen LogP contribution in [-0.4, -0.2) is 8.42 Å². The van der Waals surface area contributed by atoms with Crippen LogP contribution >= 0.6 is 0 Å².